The minimum atomic E-state index is -1.67. The van der Waals surface area contributed by atoms with Gasteiger partial charge in [0, 0.05) is 6.42 Å². The van der Waals surface area contributed by atoms with Crippen LogP contribution in [0.5, 0.6) is 0 Å². The molecular weight excluding hydrogens is 287 g/mol. The highest BCUT2D eigenvalue weighted by Gasteiger charge is 2.36. The van der Waals surface area contributed by atoms with Crippen molar-refractivity contribution in [3.05, 3.63) is 10.3 Å². The van der Waals surface area contributed by atoms with E-state index in [0.717, 1.165) is 0 Å². The molecule has 0 nitrogen and oxygen atoms in total. The molecule has 0 radical (unpaired) electrons. The Balaban J connectivity index is 4.58. The van der Waals surface area contributed by atoms with Crippen LogP contribution < -0.4 is 0 Å². The Labute approximate surface area is 99.7 Å². The van der Waals surface area contributed by atoms with E-state index in [1.807, 2.05) is 0 Å². The van der Waals surface area contributed by atoms with Gasteiger partial charge in [0.05, 0.1) is 11.7 Å². The zero-order valence-corrected chi connectivity index (χ0v) is 9.92. The first kappa shape index (κ1) is 14.1. The van der Waals surface area contributed by atoms with Gasteiger partial charge in [0.25, 0.3) is 0 Å². The third-order valence-electron chi connectivity index (χ3n) is 1.20. The van der Waals surface area contributed by atoms with Crippen LogP contribution in [-0.2, 0) is 0 Å². The van der Waals surface area contributed by atoms with E-state index in [1.165, 1.54) is 0 Å². The van der Waals surface area contributed by atoms with Crippen molar-refractivity contribution in [3.63, 3.8) is 0 Å². The van der Waals surface area contributed by atoms with Crippen molar-refractivity contribution in [3.8, 4) is 0 Å². The lowest BCUT2D eigenvalue weighted by Gasteiger charge is -2.23. The zero-order valence-electron chi connectivity index (χ0n) is 6.14. The molecule has 0 aromatic rings. The first-order valence-electron chi connectivity index (χ1n) is 3.11. The highest BCUT2D eigenvalue weighted by atomic mass is 35.5. The Hall–Kier alpha value is 1.05. The lowest BCUT2D eigenvalue weighted by molar-refractivity contribution is 0.453. The molecular formula is C6H5Cl5F2. The van der Waals surface area contributed by atoms with Crippen molar-refractivity contribution in [2.24, 2.45) is 0 Å². The van der Waals surface area contributed by atoms with Gasteiger partial charge in [-0.05, 0) is 11.6 Å². The molecule has 0 aliphatic heterocycles. The van der Waals surface area contributed by atoms with Crippen LogP contribution >= 0.6 is 58.0 Å². The molecule has 0 spiro atoms. The number of hydrogen-bond acceptors (Lipinski definition) is 0. The van der Waals surface area contributed by atoms with Gasteiger partial charge < -0.3 is 0 Å². The standard InChI is InChI=1S/C6H5Cl5F2/c7-3(5(9)13)4(8)6(10,11)1-2-12/h4H,1-2H2. The second-order valence-electron chi connectivity index (χ2n) is 2.17. The van der Waals surface area contributed by atoms with Gasteiger partial charge in [0.2, 0.25) is 5.29 Å². The molecule has 1 unspecified atom stereocenters. The summed E-state index contributed by atoms with van der Waals surface area (Å²) in [6.07, 6.45) is -0.259. The Morgan fingerprint density at radius 1 is 1.31 bits per heavy atom. The minimum absolute atomic E-state index is 0.259. The smallest absolute Gasteiger partial charge is 0.205 e. The molecule has 0 heterocycles. The van der Waals surface area contributed by atoms with E-state index in [9.17, 15) is 8.78 Å². The molecule has 0 bridgehead atoms. The Morgan fingerprint density at radius 2 is 1.77 bits per heavy atom. The average molecular weight is 292 g/mol. The summed E-state index contributed by atoms with van der Waals surface area (Å²) in [5.74, 6) is 0. The van der Waals surface area contributed by atoms with Gasteiger partial charge in [-0.25, -0.2) is 0 Å². The van der Waals surface area contributed by atoms with Crippen LogP contribution in [0.1, 0.15) is 6.42 Å². The SMILES string of the molecule is FCCC(Cl)(Cl)C(Cl)C(Cl)=C(F)Cl. The van der Waals surface area contributed by atoms with Crippen molar-refractivity contribution in [2.45, 2.75) is 16.1 Å². The summed E-state index contributed by atoms with van der Waals surface area (Å²) in [5, 5.41) is -3.00. The molecule has 0 saturated heterocycles. The molecule has 0 saturated carbocycles. The maximum atomic E-state index is 12.3. The molecule has 0 rings (SSSR count). The van der Waals surface area contributed by atoms with E-state index < -0.39 is 26.7 Å². The molecule has 78 valence electrons. The predicted octanol–water partition coefficient (Wildman–Crippen LogP) is 4.74. The third kappa shape index (κ3) is 4.39. The van der Waals surface area contributed by atoms with Gasteiger partial charge in [-0.2, -0.15) is 4.39 Å². The van der Waals surface area contributed by atoms with E-state index in [-0.39, 0.29) is 6.42 Å². The number of allylic oxidation sites excluding steroid dienone is 1. The number of alkyl halides is 4. The summed E-state index contributed by atoms with van der Waals surface area (Å²) in [4.78, 5) is 0. The summed E-state index contributed by atoms with van der Waals surface area (Å²) in [6, 6.07) is 0. The van der Waals surface area contributed by atoms with Crippen LogP contribution in [0.15, 0.2) is 10.3 Å². The van der Waals surface area contributed by atoms with E-state index in [0.29, 0.717) is 0 Å². The van der Waals surface area contributed by atoms with Crippen LogP contribution in [0.3, 0.4) is 0 Å². The maximum Gasteiger partial charge on any atom is 0.205 e. The van der Waals surface area contributed by atoms with Crippen LogP contribution in [0.2, 0.25) is 0 Å². The summed E-state index contributed by atoms with van der Waals surface area (Å²) in [6.45, 7) is -0.787. The molecule has 7 heteroatoms. The van der Waals surface area contributed by atoms with E-state index in [4.69, 9.17) is 58.0 Å². The number of halogens is 7. The second-order valence-corrected chi connectivity index (χ2v) is 4.89. The summed E-state index contributed by atoms with van der Waals surface area (Å²) in [5.41, 5.74) is 0. The molecule has 0 aliphatic rings. The summed E-state index contributed by atoms with van der Waals surface area (Å²) < 4.78 is 22.6. The Bertz CT molecular complexity index is 199. The molecule has 0 N–H and O–H groups in total. The van der Waals surface area contributed by atoms with Crippen molar-refractivity contribution >= 4 is 58.0 Å². The maximum absolute atomic E-state index is 12.3. The number of hydrogen-bond donors (Lipinski definition) is 0. The first-order valence-corrected chi connectivity index (χ1v) is 5.06. The highest BCUT2D eigenvalue weighted by Crippen LogP contribution is 2.40. The minimum Gasteiger partial charge on any atom is -0.251 e. The molecule has 0 aliphatic carbocycles. The highest BCUT2D eigenvalue weighted by molar-refractivity contribution is 6.55. The van der Waals surface area contributed by atoms with Gasteiger partial charge in [-0.1, -0.05) is 34.8 Å². The second kappa shape index (κ2) is 5.82. The fourth-order valence-electron chi connectivity index (χ4n) is 0.534. The fourth-order valence-corrected chi connectivity index (χ4v) is 1.56. The van der Waals surface area contributed by atoms with Crippen molar-refractivity contribution in [2.75, 3.05) is 6.67 Å². The zero-order chi connectivity index (χ0) is 10.6. The van der Waals surface area contributed by atoms with Gasteiger partial charge in [0.1, 0.15) is 9.71 Å². The molecule has 13 heavy (non-hydrogen) atoms. The third-order valence-corrected chi connectivity index (χ3v) is 3.63. The molecule has 1 atom stereocenters. The van der Waals surface area contributed by atoms with Gasteiger partial charge in [-0.3, -0.25) is 4.39 Å². The topological polar surface area (TPSA) is 0 Å². The van der Waals surface area contributed by atoms with E-state index in [1.54, 1.807) is 0 Å². The average Bonchev–Trinajstić information content (AvgIpc) is 2.01. The van der Waals surface area contributed by atoms with Crippen molar-refractivity contribution in [1.29, 1.82) is 0 Å². The van der Waals surface area contributed by atoms with E-state index in [2.05, 4.69) is 0 Å². The molecule has 0 amide bonds. The number of rotatable bonds is 4. The first-order chi connectivity index (χ1) is 5.83. The van der Waals surface area contributed by atoms with Crippen LogP contribution in [0, 0.1) is 0 Å². The Morgan fingerprint density at radius 3 is 2.08 bits per heavy atom. The largest absolute Gasteiger partial charge is 0.251 e. The fraction of sp³-hybridized carbons (Fsp3) is 0.667. The summed E-state index contributed by atoms with van der Waals surface area (Å²) in [7, 11) is 0. The van der Waals surface area contributed by atoms with Crippen LogP contribution in [0.25, 0.3) is 0 Å². The van der Waals surface area contributed by atoms with Gasteiger partial charge in [0.15, 0.2) is 0 Å². The summed E-state index contributed by atoms with van der Waals surface area (Å²) >= 11 is 27.0. The van der Waals surface area contributed by atoms with Crippen LogP contribution in [0.4, 0.5) is 8.78 Å². The molecule has 0 aromatic heterocycles. The van der Waals surface area contributed by atoms with Gasteiger partial charge >= 0.3 is 0 Å². The monoisotopic (exact) mass is 290 g/mol. The molecule has 0 fully saturated rings. The lowest BCUT2D eigenvalue weighted by atomic mass is 10.2. The van der Waals surface area contributed by atoms with Crippen LogP contribution in [-0.4, -0.2) is 16.4 Å². The van der Waals surface area contributed by atoms with E-state index >= 15 is 0 Å². The predicted molar refractivity (Wildman–Crippen MR) is 54.5 cm³/mol. The normalized spacial score (nSPS) is 16.8. The Kier molecular flexibility index (Phi) is 6.29. The van der Waals surface area contributed by atoms with Crippen molar-refractivity contribution < 1.29 is 8.78 Å². The molecule has 0 aromatic carbocycles. The lowest BCUT2D eigenvalue weighted by Crippen LogP contribution is -2.27. The van der Waals surface area contributed by atoms with Gasteiger partial charge in [-0.15, -0.1) is 11.6 Å². The quantitative estimate of drug-likeness (QED) is 0.656. The van der Waals surface area contributed by atoms with Crippen molar-refractivity contribution in [1.82, 2.24) is 0 Å².